The second kappa shape index (κ2) is 5.51. The van der Waals surface area contributed by atoms with E-state index in [4.69, 9.17) is 4.42 Å². The first kappa shape index (κ1) is 16.8. The van der Waals surface area contributed by atoms with E-state index in [1.165, 1.54) is 61.0 Å². The summed E-state index contributed by atoms with van der Waals surface area (Å²) in [5.74, 6) is 1.00. The molecule has 0 saturated carbocycles. The zero-order valence-electron chi connectivity index (χ0n) is 16.5. The number of hydrogen-bond acceptors (Lipinski definition) is 1. The van der Waals surface area contributed by atoms with Gasteiger partial charge < -0.3 is 4.42 Å². The van der Waals surface area contributed by atoms with E-state index in [1.807, 2.05) is 0 Å². The second-order valence-corrected chi connectivity index (χ2v) is 7.35. The molecular formula is C23H28O. The molecule has 1 heterocycles. The van der Waals surface area contributed by atoms with Crippen molar-refractivity contribution in [3.05, 3.63) is 56.1 Å². The molecule has 1 heteroatoms. The molecule has 0 fully saturated rings. The van der Waals surface area contributed by atoms with Crippen LogP contribution in [0.25, 0.3) is 22.3 Å². The highest BCUT2D eigenvalue weighted by Gasteiger charge is 2.19. The van der Waals surface area contributed by atoms with E-state index in [0.717, 1.165) is 11.3 Å². The van der Waals surface area contributed by atoms with Gasteiger partial charge in [0.25, 0.3) is 0 Å². The highest BCUT2D eigenvalue weighted by atomic mass is 16.3. The quantitative estimate of drug-likeness (QED) is 0.476. The molecule has 3 rings (SSSR count). The molecule has 0 N–H and O–H groups in total. The van der Waals surface area contributed by atoms with Gasteiger partial charge in [-0.3, -0.25) is 0 Å². The summed E-state index contributed by atoms with van der Waals surface area (Å²) in [6, 6.07) is 2.24. The van der Waals surface area contributed by atoms with E-state index < -0.39 is 0 Å². The lowest BCUT2D eigenvalue weighted by atomic mass is 9.88. The van der Waals surface area contributed by atoms with E-state index in [9.17, 15) is 0 Å². The van der Waals surface area contributed by atoms with Crippen molar-refractivity contribution >= 4 is 11.0 Å². The molecule has 126 valence electrons. The van der Waals surface area contributed by atoms with Gasteiger partial charge in [0, 0.05) is 10.9 Å². The lowest BCUT2D eigenvalue weighted by Gasteiger charge is -2.17. The van der Waals surface area contributed by atoms with Crippen LogP contribution in [0.2, 0.25) is 0 Å². The maximum absolute atomic E-state index is 6.41. The smallest absolute Gasteiger partial charge is 0.138 e. The van der Waals surface area contributed by atoms with Gasteiger partial charge in [-0.2, -0.15) is 0 Å². The number of fused-ring (bicyclic) bond motifs is 1. The van der Waals surface area contributed by atoms with Gasteiger partial charge in [0.15, 0.2) is 0 Å². The van der Waals surface area contributed by atoms with Gasteiger partial charge in [-0.05, 0) is 118 Å². The Labute approximate surface area is 145 Å². The summed E-state index contributed by atoms with van der Waals surface area (Å²) in [4.78, 5) is 0. The van der Waals surface area contributed by atoms with Crippen LogP contribution < -0.4 is 0 Å². The maximum Gasteiger partial charge on any atom is 0.138 e. The molecule has 0 aliphatic heterocycles. The SMILES string of the molecule is Cc1c(C)c(C)c(-c2cc3c(C)c(C)c(C)c(C)c3o2)c(C)c1C. The Hall–Kier alpha value is -2.02. The first-order valence-corrected chi connectivity index (χ1v) is 8.74. The highest BCUT2D eigenvalue weighted by molar-refractivity contribution is 5.91. The third-order valence-electron chi connectivity index (χ3n) is 6.41. The Morgan fingerprint density at radius 1 is 0.500 bits per heavy atom. The zero-order valence-corrected chi connectivity index (χ0v) is 16.5. The van der Waals surface area contributed by atoms with Crippen LogP contribution >= 0.6 is 0 Å². The van der Waals surface area contributed by atoms with Crippen molar-refractivity contribution in [1.29, 1.82) is 0 Å². The van der Waals surface area contributed by atoms with E-state index >= 15 is 0 Å². The van der Waals surface area contributed by atoms with E-state index in [-0.39, 0.29) is 0 Å². The maximum atomic E-state index is 6.41. The van der Waals surface area contributed by atoms with Gasteiger partial charge in [-0.15, -0.1) is 0 Å². The Kier molecular flexibility index (Phi) is 3.86. The first-order valence-electron chi connectivity index (χ1n) is 8.74. The topological polar surface area (TPSA) is 13.1 Å². The normalized spacial score (nSPS) is 11.5. The molecule has 0 unspecified atom stereocenters. The summed E-state index contributed by atoms with van der Waals surface area (Å²) in [6.07, 6.45) is 0. The summed E-state index contributed by atoms with van der Waals surface area (Å²) in [6.45, 7) is 19.9. The van der Waals surface area contributed by atoms with Gasteiger partial charge >= 0.3 is 0 Å². The van der Waals surface area contributed by atoms with Crippen LogP contribution in [-0.4, -0.2) is 0 Å². The molecule has 1 aromatic heterocycles. The Morgan fingerprint density at radius 3 is 1.46 bits per heavy atom. The summed E-state index contributed by atoms with van der Waals surface area (Å²) in [5.41, 5.74) is 14.4. The van der Waals surface area contributed by atoms with Crippen molar-refractivity contribution in [2.24, 2.45) is 0 Å². The Bertz CT molecular complexity index is 910. The van der Waals surface area contributed by atoms with Crippen LogP contribution in [0.5, 0.6) is 0 Å². The standard InChI is InChI=1S/C23H28O/c1-11-13(3)17(7)22(18(8)14(11)4)21-10-20-16(6)12(2)15(5)19(9)23(20)24-21/h10H,1-9H3. The van der Waals surface area contributed by atoms with E-state index in [1.54, 1.807) is 0 Å². The van der Waals surface area contributed by atoms with Gasteiger partial charge in [0.1, 0.15) is 11.3 Å². The van der Waals surface area contributed by atoms with Crippen LogP contribution in [-0.2, 0) is 0 Å². The first-order chi connectivity index (χ1) is 11.2. The predicted molar refractivity (Wildman–Crippen MR) is 104 cm³/mol. The van der Waals surface area contributed by atoms with Crippen molar-refractivity contribution in [3.63, 3.8) is 0 Å². The summed E-state index contributed by atoms with van der Waals surface area (Å²) in [5, 5.41) is 1.25. The number of rotatable bonds is 1. The second-order valence-electron chi connectivity index (χ2n) is 7.35. The van der Waals surface area contributed by atoms with Crippen LogP contribution in [0.15, 0.2) is 10.5 Å². The average Bonchev–Trinajstić information content (AvgIpc) is 2.99. The molecular weight excluding hydrogens is 292 g/mol. The molecule has 3 aromatic rings. The third kappa shape index (κ3) is 2.14. The van der Waals surface area contributed by atoms with Crippen molar-refractivity contribution in [3.8, 4) is 11.3 Å². The number of furan rings is 1. The molecule has 0 amide bonds. The fourth-order valence-corrected chi connectivity index (χ4v) is 3.88. The largest absolute Gasteiger partial charge is 0.456 e. The van der Waals surface area contributed by atoms with Crippen molar-refractivity contribution in [2.45, 2.75) is 62.3 Å². The third-order valence-corrected chi connectivity index (χ3v) is 6.41. The number of aryl methyl sites for hydroxylation is 2. The zero-order chi connectivity index (χ0) is 17.9. The molecule has 2 aromatic carbocycles. The van der Waals surface area contributed by atoms with E-state index in [2.05, 4.69) is 68.4 Å². The average molecular weight is 320 g/mol. The summed E-state index contributed by atoms with van der Waals surface area (Å²) < 4.78 is 6.41. The van der Waals surface area contributed by atoms with Crippen molar-refractivity contribution in [2.75, 3.05) is 0 Å². The van der Waals surface area contributed by atoms with Crippen LogP contribution in [0.3, 0.4) is 0 Å². The predicted octanol–water partition coefficient (Wildman–Crippen LogP) is 6.88. The summed E-state index contributed by atoms with van der Waals surface area (Å²) in [7, 11) is 0. The van der Waals surface area contributed by atoms with Gasteiger partial charge in [0.2, 0.25) is 0 Å². The Morgan fingerprint density at radius 2 is 0.917 bits per heavy atom. The minimum Gasteiger partial charge on any atom is -0.456 e. The molecule has 24 heavy (non-hydrogen) atoms. The molecule has 0 bridgehead atoms. The van der Waals surface area contributed by atoms with Crippen molar-refractivity contribution < 1.29 is 4.42 Å². The number of benzene rings is 2. The van der Waals surface area contributed by atoms with Crippen LogP contribution in [0.1, 0.15) is 50.1 Å². The molecule has 0 radical (unpaired) electrons. The molecule has 1 nitrogen and oxygen atoms in total. The molecule has 0 aliphatic rings. The molecule has 0 saturated heterocycles. The van der Waals surface area contributed by atoms with Crippen LogP contribution in [0.4, 0.5) is 0 Å². The highest BCUT2D eigenvalue weighted by Crippen LogP contribution is 2.39. The minimum atomic E-state index is 1.00. The van der Waals surface area contributed by atoms with E-state index in [0.29, 0.717) is 0 Å². The lowest BCUT2D eigenvalue weighted by molar-refractivity contribution is 0.627. The summed E-state index contributed by atoms with van der Waals surface area (Å²) >= 11 is 0. The Balaban J connectivity index is 2.42. The minimum absolute atomic E-state index is 1.00. The fraction of sp³-hybridized carbons (Fsp3) is 0.391. The van der Waals surface area contributed by atoms with Crippen molar-refractivity contribution in [1.82, 2.24) is 0 Å². The monoisotopic (exact) mass is 320 g/mol. The van der Waals surface area contributed by atoms with Gasteiger partial charge in [-0.1, -0.05) is 0 Å². The molecule has 0 aliphatic carbocycles. The fourth-order valence-electron chi connectivity index (χ4n) is 3.88. The van der Waals surface area contributed by atoms with Gasteiger partial charge in [-0.25, -0.2) is 0 Å². The van der Waals surface area contributed by atoms with Gasteiger partial charge in [0.05, 0.1) is 0 Å². The lowest BCUT2D eigenvalue weighted by Crippen LogP contribution is -1.98. The van der Waals surface area contributed by atoms with Crippen LogP contribution in [0, 0.1) is 62.3 Å². The number of hydrogen-bond donors (Lipinski definition) is 0. The molecule has 0 spiro atoms. The molecule has 0 atom stereocenters.